The molecular formula is C60H117NO5. The van der Waals surface area contributed by atoms with Crippen molar-refractivity contribution in [3.8, 4) is 0 Å². The molecule has 0 aliphatic rings. The molecule has 392 valence electrons. The highest BCUT2D eigenvalue weighted by molar-refractivity contribution is 5.76. The second kappa shape index (κ2) is 56.2. The standard InChI is InChI=1S/C60H117NO5/c1-3-5-7-9-11-13-15-17-18-19-20-21-22-23-24-25-26-27-29-32-36-40-44-48-52-58(63)57(56-62)61-59(64)53-49-45-41-37-33-30-28-31-35-39-43-47-51-55-66-60(65)54-50-46-42-38-34-16-14-12-10-8-6-4-2/h12,14,57-58,62-63H,3-11,13,15-56H2,1-2H3,(H,61,64)/b14-12-. The highest BCUT2D eigenvalue weighted by Gasteiger charge is 2.20. The van der Waals surface area contributed by atoms with Gasteiger partial charge in [-0.1, -0.05) is 283 Å². The molecule has 0 aliphatic heterocycles. The molecule has 66 heavy (non-hydrogen) atoms. The van der Waals surface area contributed by atoms with Crippen molar-refractivity contribution in [2.75, 3.05) is 13.2 Å². The summed E-state index contributed by atoms with van der Waals surface area (Å²) in [7, 11) is 0. The van der Waals surface area contributed by atoms with E-state index in [0.717, 1.165) is 51.4 Å². The summed E-state index contributed by atoms with van der Waals surface area (Å²) in [5.41, 5.74) is 0. The SMILES string of the molecule is CCCCC/C=C\CCCCCCCC(=O)OCCCCCCCCCCCCCCCC(=O)NC(CO)C(O)CCCCCCCCCCCCCCCCCCCCCCCCCC. The van der Waals surface area contributed by atoms with Gasteiger partial charge in [-0.15, -0.1) is 0 Å². The Kier molecular flexibility index (Phi) is 55.0. The van der Waals surface area contributed by atoms with Gasteiger partial charge < -0.3 is 20.3 Å². The molecule has 2 unspecified atom stereocenters. The Hall–Kier alpha value is -1.40. The minimum absolute atomic E-state index is 0.0144. The van der Waals surface area contributed by atoms with Gasteiger partial charge in [0, 0.05) is 12.8 Å². The van der Waals surface area contributed by atoms with Gasteiger partial charge in [-0.2, -0.15) is 0 Å². The molecule has 0 rings (SSSR count). The van der Waals surface area contributed by atoms with Crippen LogP contribution < -0.4 is 5.32 Å². The summed E-state index contributed by atoms with van der Waals surface area (Å²) in [4.78, 5) is 24.5. The summed E-state index contributed by atoms with van der Waals surface area (Å²) in [5.74, 6) is -0.0586. The molecule has 0 aromatic heterocycles. The Morgan fingerprint density at radius 1 is 0.409 bits per heavy atom. The zero-order valence-electron chi connectivity index (χ0n) is 44.7. The van der Waals surface area contributed by atoms with E-state index in [0.29, 0.717) is 25.9 Å². The Morgan fingerprint density at radius 3 is 1.11 bits per heavy atom. The second-order valence-corrected chi connectivity index (χ2v) is 20.7. The third-order valence-electron chi connectivity index (χ3n) is 14.1. The highest BCUT2D eigenvalue weighted by atomic mass is 16.5. The summed E-state index contributed by atoms with van der Waals surface area (Å²) in [5, 5.41) is 23.4. The van der Waals surface area contributed by atoms with Crippen molar-refractivity contribution in [3.05, 3.63) is 12.2 Å². The van der Waals surface area contributed by atoms with Gasteiger partial charge in [0.05, 0.1) is 25.4 Å². The first kappa shape index (κ1) is 64.6. The number of aliphatic hydroxyl groups excluding tert-OH is 2. The van der Waals surface area contributed by atoms with E-state index in [1.165, 1.54) is 250 Å². The number of carbonyl (C=O) groups is 2. The van der Waals surface area contributed by atoms with Crippen molar-refractivity contribution in [1.29, 1.82) is 0 Å². The van der Waals surface area contributed by atoms with Crippen LogP contribution in [0.2, 0.25) is 0 Å². The van der Waals surface area contributed by atoms with Crippen LogP contribution in [0.3, 0.4) is 0 Å². The Morgan fingerprint density at radius 2 is 0.712 bits per heavy atom. The summed E-state index contributed by atoms with van der Waals surface area (Å²) in [6.07, 6.45) is 66.3. The smallest absolute Gasteiger partial charge is 0.305 e. The van der Waals surface area contributed by atoms with Crippen LogP contribution in [0.5, 0.6) is 0 Å². The van der Waals surface area contributed by atoms with Crippen LogP contribution in [-0.2, 0) is 14.3 Å². The van der Waals surface area contributed by atoms with Gasteiger partial charge in [-0.25, -0.2) is 0 Å². The van der Waals surface area contributed by atoms with Crippen LogP contribution in [0.1, 0.15) is 335 Å². The Balaban J connectivity index is 3.44. The lowest BCUT2D eigenvalue weighted by molar-refractivity contribution is -0.143. The molecule has 0 saturated carbocycles. The van der Waals surface area contributed by atoms with Crippen molar-refractivity contribution < 1.29 is 24.5 Å². The van der Waals surface area contributed by atoms with Crippen LogP contribution in [0.25, 0.3) is 0 Å². The topological polar surface area (TPSA) is 95.9 Å². The number of aliphatic hydroxyl groups is 2. The molecule has 6 nitrogen and oxygen atoms in total. The van der Waals surface area contributed by atoms with Gasteiger partial charge in [0.2, 0.25) is 5.91 Å². The van der Waals surface area contributed by atoms with E-state index < -0.39 is 12.1 Å². The number of hydrogen-bond acceptors (Lipinski definition) is 5. The van der Waals surface area contributed by atoms with Crippen LogP contribution >= 0.6 is 0 Å². The van der Waals surface area contributed by atoms with E-state index in [9.17, 15) is 19.8 Å². The minimum Gasteiger partial charge on any atom is -0.466 e. The van der Waals surface area contributed by atoms with E-state index in [-0.39, 0.29) is 18.5 Å². The van der Waals surface area contributed by atoms with E-state index in [1.54, 1.807) is 0 Å². The first-order chi connectivity index (χ1) is 32.5. The molecule has 0 fully saturated rings. The van der Waals surface area contributed by atoms with Gasteiger partial charge in [0.15, 0.2) is 0 Å². The van der Waals surface area contributed by atoms with E-state index in [2.05, 4.69) is 31.3 Å². The van der Waals surface area contributed by atoms with Crippen molar-refractivity contribution in [1.82, 2.24) is 5.32 Å². The zero-order chi connectivity index (χ0) is 47.9. The summed E-state index contributed by atoms with van der Waals surface area (Å²) < 4.78 is 5.45. The predicted octanol–water partition coefficient (Wildman–Crippen LogP) is 18.5. The van der Waals surface area contributed by atoms with Crippen molar-refractivity contribution >= 4 is 11.9 Å². The van der Waals surface area contributed by atoms with Gasteiger partial charge in [0.25, 0.3) is 0 Å². The summed E-state index contributed by atoms with van der Waals surface area (Å²) in [6, 6.07) is -0.552. The number of amides is 1. The Labute approximate surface area is 412 Å². The molecule has 6 heteroatoms. The third kappa shape index (κ3) is 52.0. The number of ether oxygens (including phenoxy) is 1. The number of unbranched alkanes of at least 4 members (excludes halogenated alkanes) is 43. The normalized spacial score (nSPS) is 12.6. The maximum Gasteiger partial charge on any atom is 0.305 e. The number of allylic oxidation sites excluding steroid dienone is 2. The average molecular weight is 933 g/mol. The monoisotopic (exact) mass is 932 g/mol. The summed E-state index contributed by atoms with van der Waals surface area (Å²) in [6.45, 7) is 4.92. The molecule has 3 N–H and O–H groups in total. The van der Waals surface area contributed by atoms with Gasteiger partial charge >= 0.3 is 5.97 Å². The van der Waals surface area contributed by atoms with Gasteiger partial charge in [0.1, 0.15) is 0 Å². The van der Waals surface area contributed by atoms with Crippen LogP contribution in [0.4, 0.5) is 0 Å². The van der Waals surface area contributed by atoms with Crippen molar-refractivity contribution in [2.24, 2.45) is 0 Å². The van der Waals surface area contributed by atoms with E-state index >= 15 is 0 Å². The number of rotatable bonds is 56. The lowest BCUT2D eigenvalue weighted by Crippen LogP contribution is -2.45. The van der Waals surface area contributed by atoms with Crippen molar-refractivity contribution in [2.45, 2.75) is 347 Å². The first-order valence-corrected chi connectivity index (χ1v) is 29.9. The lowest BCUT2D eigenvalue weighted by atomic mass is 10.0. The molecule has 0 radical (unpaired) electrons. The molecule has 2 atom stereocenters. The molecular weight excluding hydrogens is 815 g/mol. The second-order valence-electron chi connectivity index (χ2n) is 20.7. The first-order valence-electron chi connectivity index (χ1n) is 29.9. The maximum atomic E-state index is 12.5. The van der Waals surface area contributed by atoms with Gasteiger partial charge in [-0.3, -0.25) is 9.59 Å². The van der Waals surface area contributed by atoms with Crippen LogP contribution in [0, 0.1) is 0 Å². The molecule has 0 aromatic rings. The summed E-state index contributed by atoms with van der Waals surface area (Å²) >= 11 is 0. The number of esters is 1. The average Bonchev–Trinajstić information content (AvgIpc) is 3.32. The molecule has 0 bridgehead atoms. The number of hydrogen-bond donors (Lipinski definition) is 3. The molecule has 0 aromatic carbocycles. The molecule has 0 heterocycles. The fourth-order valence-corrected chi connectivity index (χ4v) is 9.46. The zero-order valence-corrected chi connectivity index (χ0v) is 44.7. The third-order valence-corrected chi connectivity index (χ3v) is 14.1. The van der Waals surface area contributed by atoms with Gasteiger partial charge in [-0.05, 0) is 51.4 Å². The maximum absolute atomic E-state index is 12.5. The molecule has 0 aliphatic carbocycles. The Bertz CT molecular complexity index is 986. The number of carbonyl (C=O) groups excluding carboxylic acids is 2. The van der Waals surface area contributed by atoms with Crippen LogP contribution in [-0.4, -0.2) is 47.4 Å². The largest absolute Gasteiger partial charge is 0.466 e. The molecule has 0 saturated heterocycles. The fraction of sp³-hybridized carbons (Fsp3) is 0.933. The fourth-order valence-electron chi connectivity index (χ4n) is 9.46. The number of nitrogens with one attached hydrogen (secondary N) is 1. The lowest BCUT2D eigenvalue weighted by Gasteiger charge is -2.22. The quantitative estimate of drug-likeness (QED) is 0.0321. The minimum atomic E-state index is -0.674. The highest BCUT2D eigenvalue weighted by Crippen LogP contribution is 2.18. The van der Waals surface area contributed by atoms with E-state index in [4.69, 9.17) is 4.74 Å². The molecule has 1 amide bonds. The predicted molar refractivity (Wildman–Crippen MR) is 287 cm³/mol. The van der Waals surface area contributed by atoms with E-state index in [1.807, 2.05) is 0 Å². The van der Waals surface area contributed by atoms with Crippen molar-refractivity contribution in [3.63, 3.8) is 0 Å². The molecule has 0 spiro atoms. The van der Waals surface area contributed by atoms with Crippen LogP contribution in [0.15, 0.2) is 12.2 Å².